The van der Waals surface area contributed by atoms with Crippen molar-refractivity contribution < 1.29 is 0 Å². The lowest BCUT2D eigenvalue weighted by atomic mass is 10.6. The van der Waals surface area contributed by atoms with Gasteiger partial charge in [-0.3, -0.25) is 5.41 Å². The minimum Gasteiger partial charge on any atom is -0.283 e. The largest absolute Gasteiger partial charge is 0.283 e. The molecule has 1 aliphatic heterocycles. The Hall–Kier alpha value is -0.920. The maximum Gasteiger partial charge on any atom is 0.144 e. The van der Waals surface area contributed by atoms with Crippen LogP contribution in [0.2, 0.25) is 0 Å². The van der Waals surface area contributed by atoms with E-state index in [2.05, 4.69) is 4.99 Å². The first kappa shape index (κ1) is 3.28. The Morgan fingerprint density at radius 3 is 2.67 bits per heavy atom. The van der Waals surface area contributed by atoms with Gasteiger partial charge in [-0.15, -0.1) is 0 Å². The molecule has 0 atom stereocenters. The summed E-state index contributed by atoms with van der Waals surface area (Å²) < 4.78 is 0. The van der Waals surface area contributed by atoms with Crippen LogP contribution in [0.3, 0.4) is 0 Å². The monoisotopic (exact) mass is 80.0 g/mol. The van der Waals surface area contributed by atoms with E-state index in [1.165, 1.54) is 0 Å². The van der Waals surface area contributed by atoms with Gasteiger partial charge in [0.1, 0.15) is 5.84 Å². The number of rotatable bonds is 0. The second-order valence-electron chi connectivity index (χ2n) is 1.02. The fourth-order valence-electron chi connectivity index (χ4n) is 0.301. The van der Waals surface area contributed by atoms with Gasteiger partial charge < -0.3 is 0 Å². The lowest BCUT2D eigenvalue weighted by molar-refractivity contribution is 1.48. The van der Waals surface area contributed by atoms with Crippen LogP contribution in [0.4, 0.5) is 0 Å². The van der Waals surface area contributed by atoms with Crippen LogP contribution in [0.1, 0.15) is 0 Å². The molecule has 1 N–H and O–H groups in total. The van der Waals surface area contributed by atoms with Crippen molar-refractivity contribution in [2.24, 2.45) is 4.99 Å². The van der Waals surface area contributed by atoms with Crippen LogP contribution < -0.4 is 0 Å². The van der Waals surface area contributed by atoms with Gasteiger partial charge in [0.25, 0.3) is 0 Å². The molecule has 0 unspecified atom stereocenters. The molecule has 0 aromatic heterocycles. The average Bonchev–Trinajstić information content (AvgIpc) is 1.86. The first-order chi connectivity index (χ1) is 2.89. The lowest BCUT2D eigenvalue weighted by Crippen LogP contribution is -1.73. The van der Waals surface area contributed by atoms with Gasteiger partial charge in [-0.2, -0.15) is 0 Å². The minimum absolute atomic E-state index is 0.343. The van der Waals surface area contributed by atoms with Gasteiger partial charge in [-0.1, -0.05) is 0 Å². The predicted octanol–water partition coefficient (Wildman–Crippen LogP) is 0.604. The molecule has 0 saturated heterocycles. The highest BCUT2D eigenvalue weighted by Crippen LogP contribution is 1.84. The van der Waals surface area contributed by atoms with Crippen LogP contribution in [0.15, 0.2) is 17.1 Å². The Labute approximate surface area is 35.7 Å². The Balaban J connectivity index is 2.86. The molecule has 0 aromatic rings. The van der Waals surface area contributed by atoms with Crippen LogP contribution in [0, 0.1) is 5.41 Å². The number of aliphatic imine (C=N–C) groups is 1. The molecule has 2 nitrogen and oxygen atoms in total. The second-order valence-corrected chi connectivity index (χ2v) is 1.02. The molecular formula is C4H4N2. The van der Waals surface area contributed by atoms with Crippen LogP contribution in [0.25, 0.3) is 0 Å². The molecule has 0 radical (unpaired) electrons. The van der Waals surface area contributed by atoms with E-state index in [9.17, 15) is 0 Å². The number of nitrogens with one attached hydrogen (secondary N) is 1. The van der Waals surface area contributed by atoms with Crippen LogP contribution in [-0.4, -0.2) is 12.1 Å². The molecule has 0 saturated carbocycles. The van der Waals surface area contributed by atoms with E-state index in [-0.39, 0.29) is 0 Å². The van der Waals surface area contributed by atoms with E-state index in [1.54, 1.807) is 18.4 Å². The summed E-state index contributed by atoms with van der Waals surface area (Å²) in [6, 6.07) is 0. The highest BCUT2D eigenvalue weighted by atomic mass is 14.8. The molecule has 6 heavy (non-hydrogen) atoms. The zero-order chi connectivity index (χ0) is 4.41. The number of hydrogen-bond donors (Lipinski definition) is 1. The standard InChI is InChI=1S/C4H4N2/c5-4-2-1-3-6-4/h1-3,5H. The van der Waals surface area contributed by atoms with Crippen molar-refractivity contribution in [2.75, 3.05) is 0 Å². The molecule has 1 rings (SSSR count). The van der Waals surface area contributed by atoms with Gasteiger partial charge in [0.05, 0.1) is 0 Å². The van der Waals surface area contributed by atoms with Crippen LogP contribution >= 0.6 is 0 Å². The van der Waals surface area contributed by atoms with Crippen molar-refractivity contribution >= 4 is 12.1 Å². The maximum atomic E-state index is 6.76. The molecule has 0 spiro atoms. The molecule has 0 bridgehead atoms. The molecule has 1 heterocycles. The van der Waals surface area contributed by atoms with Gasteiger partial charge in [-0.25, -0.2) is 4.99 Å². The molecule has 0 fully saturated rings. The minimum atomic E-state index is 0.343. The quantitative estimate of drug-likeness (QED) is 0.442. The molecule has 2 heteroatoms. The SMILES string of the molecule is N=C1C=CC=N1. The summed E-state index contributed by atoms with van der Waals surface area (Å²) in [6.07, 6.45) is 4.98. The number of allylic oxidation sites excluding steroid dienone is 1. The van der Waals surface area contributed by atoms with E-state index in [4.69, 9.17) is 5.41 Å². The summed E-state index contributed by atoms with van der Waals surface area (Å²) in [5.74, 6) is 0.343. The van der Waals surface area contributed by atoms with E-state index >= 15 is 0 Å². The third-order valence-electron chi connectivity index (χ3n) is 0.554. The predicted molar refractivity (Wildman–Crippen MR) is 25.4 cm³/mol. The second kappa shape index (κ2) is 1.05. The van der Waals surface area contributed by atoms with Gasteiger partial charge >= 0.3 is 0 Å². The fraction of sp³-hybridized carbons (Fsp3) is 0. The highest BCUT2D eigenvalue weighted by molar-refractivity contribution is 6.04. The van der Waals surface area contributed by atoms with Gasteiger partial charge in [0, 0.05) is 6.21 Å². The lowest BCUT2D eigenvalue weighted by Gasteiger charge is -1.68. The normalized spacial score (nSPS) is 17.0. The van der Waals surface area contributed by atoms with Crippen molar-refractivity contribution in [3.05, 3.63) is 12.2 Å². The Bertz CT molecular complexity index is 108. The van der Waals surface area contributed by atoms with Crippen molar-refractivity contribution in [3.8, 4) is 0 Å². The smallest absolute Gasteiger partial charge is 0.144 e. The van der Waals surface area contributed by atoms with Crippen LogP contribution in [0.5, 0.6) is 0 Å². The summed E-state index contributed by atoms with van der Waals surface area (Å²) in [6.45, 7) is 0. The summed E-state index contributed by atoms with van der Waals surface area (Å²) in [5.41, 5.74) is 0. The maximum absolute atomic E-state index is 6.76. The van der Waals surface area contributed by atoms with Gasteiger partial charge in [0.15, 0.2) is 0 Å². The summed E-state index contributed by atoms with van der Waals surface area (Å²) in [7, 11) is 0. The Morgan fingerprint density at radius 2 is 2.50 bits per heavy atom. The van der Waals surface area contributed by atoms with Crippen molar-refractivity contribution in [3.63, 3.8) is 0 Å². The molecule has 1 aliphatic rings. The fourth-order valence-corrected chi connectivity index (χ4v) is 0.301. The summed E-state index contributed by atoms with van der Waals surface area (Å²) in [4.78, 5) is 3.58. The zero-order valence-corrected chi connectivity index (χ0v) is 3.18. The number of hydrogen-bond acceptors (Lipinski definition) is 1. The van der Waals surface area contributed by atoms with Crippen molar-refractivity contribution in [1.29, 1.82) is 5.41 Å². The summed E-state index contributed by atoms with van der Waals surface area (Å²) >= 11 is 0. The number of amidine groups is 1. The molecular weight excluding hydrogens is 76.1 g/mol. The van der Waals surface area contributed by atoms with Crippen LogP contribution in [-0.2, 0) is 0 Å². The third-order valence-corrected chi connectivity index (χ3v) is 0.554. The first-order valence-electron chi connectivity index (χ1n) is 1.69. The molecule has 0 amide bonds. The molecule has 0 aliphatic carbocycles. The van der Waals surface area contributed by atoms with E-state index in [0.717, 1.165) is 0 Å². The topological polar surface area (TPSA) is 36.2 Å². The van der Waals surface area contributed by atoms with E-state index in [1.807, 2.05) is 0 Å². The number of nitrogens with zero attached hydrogens (tertiary/aromatic N) is 1. The van der Waals surface area contributed by atoms with Gasteiger partial charge in [0.2, 0.25) is 0 Å². The molecule has 30 valence electrons. The average molecular weight is 80.1 g/mol. The zero-order valence-electron chi connectivity index (χ0n) is 3.18. The highest BCUT2D eigenvalue weighted by Gasteiger charge is 1.84. The Morgan fingerprint density at radius 1 is 1.67 bits per heavy atom. The molecule has 0 aromatic carbocycles. The van der Waals surface area contributed by atoms with E-state index in [0.29, 0.717) is 5.84 Å². The van der Waals surface area contributed by atoms with Gasteiger partial charge in [-0.05, 0) is 12.2 Å². The Kier molecular flexibility index (Phi) is 0.572. The summed E-state index contributed by atoms with van der Waals surface area (Å²) in [5, 5.41) is 6.76. The van der Waals surface area contributed by atoms with Crippen molar-refractivity contribution in [1.82, 2.24) is 0 Å². The third kappa shape index (κ3) is 0.360. The van der Waals surface area contributed by atoms with Crippen molar-refractivity contribution in [2.45, 2.75) is 0 Å². The van der Waals surface area contributed by atoms with E-state index < -0.39 is 0 Å². The first-order valence-corrected chi connectivity index (χ1v) is 1.69.